The van der Waals surface area contributed by atoms with Crippen molar-refractivity contribution in [2.45, 2.75) is 24.0 Å². The van der Waals surface area contributed by atoms with Crippen LogP contribution in [-0.2, 0) is 14.3 Å². The predicted octanol–water partition coefficient (Wildman–Crippen LogP) is 8.14. The second-order valence-electron chi connectivity index (χ2n) is 11.2. The number of benzene rings is 4. The van der Waals surface area contributed by atoms with Gasteiger partial charge in [0.25, 0.3) is 11.8 Å². The van der Waals surface area contributed by atoms with Crippen LogP contribution in [-0.4, -0.2) is 49.8 Å². The van der Waals surface area contributed by atoms with Crippen LogP contribution in [0.5, 0.6) is 11.5 Å². The molecule has 5 rings (SSSR count). The molecule has 3 amide bonds. The van der Waals surface area contributed by atoms with E-state index in [0.717, 1.165) is 5.56 Å². The van der Waals surface area contributed by atoms with Crippen LogP contribution in [0.3, 0.4) is 0 Å². The molecule has 0 aliphatic carbocycles. The van der Waals surface area contributed by atoms with E-state index >= 15 is 0 Å². The number of amides is 3. The topological polar surface area (TPSA) is 132 Å². The van der Waals surface area contributed by atoms with Gasteiger partial charge < -0.3 is 30.2 Å². The Kier molecular flexibility index (Phi) is 12.9. The third kappa shape index (κ3) is 9.47. The van der Waals surface area contributed by atoms with E-state index in [-0.39, 0.29) is 18.2 Å². The van der Waals surface area contributed by atoms with Gasteiger partial charge in [0, 0.05) is 38.7 Å². The van der Waals surface area contributed by atoms with Crippen molar-refractivity contribution in [2.75, 3.05) is 31.5 Å². The normalized spacial score (nSPS) is 11.6. The molecule has 1 heterocycles. The first kappa shape index (κ1) is 37.4. The fourth-order valence-electron chi connectivity index (χ4n) is 5.04. The molecular formula is C40H37N3O7S2. The zero-order chi connectivity index (χ0) is 37.0. The number of anilines is 2. The molecule has 0 fully saturated rings. The molecule has 1 atom stereocenters. The molecule has 4 aromatic carbocycles. The maximum absolute atomic E-state index is 13.7. The van der Waals surface area contributed by atoms with Crippen LogP contribution in [0.15, 0.2) is 119 Å². The quantitative estimate of drug-likeness (QED) is 0.0592. The summed E-state index contributed by atoms with van der Waals surface area (Å²) < 4.78 is 16.1. The smallest absolute Gasteiger partial charge is 0.341 e. The highest BCUT2D eigenvalue weighted by molar-refractivity contribution is 8.00. The van der Waals surface area contributed by atoms with Crippen LogP contribution < -0.4 is 25.4 Å². The fraction of sp³-hybridized carbons (Fsp3) is 0.150. The maximum atomic E-state index is 13.7. The second-order valence-corrected chi connectivity index (χ2v) is 13.5. The molecule has 12 heteroatoms. The van der Waals surface area contributed by atoms with Gasteiger partial charge in [-0.15, -0.1) is 23.1 Å². The summed E-state index contributed by atoms with van der Waals surface area (Å²) in [6.45, 7) is 3.68. The highest BCUT2D eigenvalue weighted by Gasteiger charge is 2.25. The summed E-state index contributed by atoms with van der Waals surface area (Å²) >= 11 is 2.54. The first-order valence-corrected chi connectivity index (χ1v) is 18.0. The summed E-state index contributed by atoms with van der Waals surface area (Å²) in [7, 11) is 3.04. The number of ether oxygens (including phenoxy) is 3. The van der Waals surface area contributed by atoms with E-state index in [9.17, 15) is 19.2 Å². The van der Waals surface area contributed by atoms with Gasteiger partial charge in [-0.3, -0.25) is 14.4 Å². The zero-order valence-electron chi connectivity index (χ0n) is 28.9. The van der Waals surface area contributed by atoms with Crippen molar-refractivity contribution in [3.63, 3.8) is 0 Å². The lowest BCUT2D eigenvalue weighted by atomic mass is 10.0. The van der Waals surface area contributed by atoms with E-state index < -0.39 is 23.0 Å². The van der Waals surface area contributed by atoms with E-state index in [1.54, 1.807) is 80.6 Å². The molecule has 5 aromatic rings. The van der Waals surface area contributed by atoms with Gasteiger partial charge in [-0.1, -0.05) is 54.6 Å². The number of carbonyl (C=O) groups excluding carboxylic acids is 4. The number of thioether (sulfide) groups is 1. The molecule has 10 nitrogen and oxygen atoms in total. The van der Waals surface area contributed by atoms with Crippen LogP contribution in [0.1, 0.15) is 40.1 Å². The highest BCUT2D eigenvalue weighted by atomic mass is 32.2. The molecule has 266 valence electrons. The molecule has 0 saturated carbocycles. The number of methoxy groups -OCH3 is 2. The van der Waals surface area contributed by atoms with Crippen molar-refractivity contribution >= 4 is 63.6 Å². The summed E-state index contributed by atoms with van der Waals surface area (Å²) in [5.74, 6) is -0.858. The number of thiophene rings is 1. The number of hydrogen-bond donors (Lipinski definition) is 3. The average Bonchev–Trinajstić information content (AvgIpc) is 3.59. The summed E-state index contributed by atoms with van der Waals surface area (Å²) in [4.78, 5) is 54.0. The van der Waals surface area contributed by atoms with Gasteiger partial charge in [0.1, 0.15) is 27.8 Å². The average molecular weight is 736 g/mol. The molecule has 0 spiro atoms. The largest absolute Gasteiger partial charge is 0.497 e. The molecule has 1 unspecified atom stereocenters. The van der Waals surface area contributed by atoms with Gasteiger partial charge in [0.05, 0.1) is 26.1 Å². The second kappa shape index (κ2) is 17.9. The van der Waals surface area contributed by atoms with Crippen molar-refractivity contribution < 1.29 is 33.4 Å². The summed E-state index contributed by atoms with van der Waals surface area (Å²) in [5, 5.41) is 10.2. The molecule has 3 N–H and O–H groups in total. The Balaban J connectivity index is 1.33. The minimum atomic E-state index is -0.577. The standard InChI is InChI=1S/C40H37N3O7S2/c1-5-50-40(47)35-32(26-13-8-6-9-14-26)24-51-39(35)43-36(44)25(2)52-31-18-12-17-29(22-31)41-38(46)33(42-37(45)27-15-10-7-11-16-27)21-28-19-20-30(48-3)23-34(28)49-4/h6-25H,5H2,1-4H3,(H,41,46)(H,42,45)(H,43,44)/b33-21+. The Morgan fingerprint density at radius 3 is 2.27 bits per heavy atom. The van der Waals surface area contributed by atoms with Gasteiger partial charge in [-0.25, -0.2) is 4.79 Å². The summed E-state index contributed by atoms with van der Waals surface area (Å²) in [6, 6.07) is 30.1. The van der Waals surface area contributed by atoms with Gasteiger partial charge >= 0.3 is 5.97 Å². The summed E-state index contributed by atoms with van der Waals surface area (Å²) in [6.07, 6.45) is 1.53. The number of esters is 1. The van der Waals surface area contributed by atoms with Crippen molar-refractivity contribution in [1.82, 2.24) is 5.32 Å². The Morgan fingerprint density at radius 1 is 0.846 bits per heavy atom. The minimum Gasteiger partial charge on any atom is -0.497 e. The lowest BCUT2D eigenvalue weighted by Crippen LogP contribution is -2.30. The maximum Gasteiger partial charge on any atom is 0.341 e. The molecule has 52 heavy (non-hydrogen) atoms. The van der Waals surface area contributed by atoms with E-state index in [4.69, 9.17) is 14.2 Å². The SMILES string of the molecule is CCOC(=O)c1c(-c2ccccc2)csc1NC(=O)C(C)Sc1cccc(NC(=O)/C(=C\c2ccc(OC)cc2OC)NC(=O)c2ccccc2)c1. The molecule has 0 aliphatic rings. The van der Waals surface area contributed by atoms with Gasteiger partial charge in [-0.05, 0) is 68.0 Å². The molecular weight excluding hydrogens is 699 g/mol. The van der Waals surface area contributed by atoms with Crippen molar-refractivity contribution in [1.29, 1.82) is 0 Å². The number of carbonyl (C=O) groups is 4. The lowest BCUT2D eigenvalue weighted by Gasteiger charge is -2.15. The van der Waals surface area contributed by atoms with E-state index in [1.807, 2.05) is 41.8 Å². The van der Waals surface area contributed by atoms with Crippen LogP contribution in [0.25, 0.3) is 17.2 Å². The Hall–Kier alpha value is -5.85. The zero-order valence-corrected chi connectivity index (χ0v) is 30.6. The van der Waals surface area contributed by atoms with E-state index in [0.29, 0.717) is 49.3 Å². The minimum absolute atomic E-state index is 0.0219. The van der Waals surface area contributed by atoms with E-state index in [2.05, 4.69) is 16.0 Å². The molecule has 0 bridgehead atoms. The van der Waals surface area contributed by atoms with Crippen molar-refractivity contribution in [2.24, 2.45) is 0 Å². The molecule has 0 radical (unpaired) electrons. The number of hydrogen-bond acceptors (Lipinski definition) is 9. The first-order chi connectivity index (χ1) is 25.2. The van der Waals surface area contributed by atoms with Gasteiger partial charge in [0.15, 0.2) is 0 Å². The molecule has 0 aliphatic heterocycles. The third-order valence-electron chi connectivity index (χ3n) is 7.64. The Bertz CT molecular complexity index is 2080. The van der Waals surface area contributed by atoms with Crippen LogP contribution >= 0.6 is 23.1 Å². The number of nitrogens with one attached hydrogen (secondary N) is 3. The van der Waals surface area contributed by atoms with E-state index in [1.165, 1.54) is 43.4 Å². The third-order valence-corrected chi connectivity index (χ3v) is 9.62. The summed E-state index contributed by atoms with van der Waals surface area (Å²) in [5.41, 5.74) is 3.17. The van der Waals surface area contributed by atoms with Crippen LogP contribution in [0, 0.1) is 0 Å². The monoisotopic (exact) mass is 735 g/mol. The first-order valence-electron chi connectivity index (χ1n) is 16.2. The fourth-order valence-corrected chi connectivity index (χ4v) is 6.92. The van der Waals surface area contributed by atoms with Crippen LogP contribution in [0.2, 0.25) is 0 Å². The van der Waals surface area contributed by atoms with Crippen molar-refractivity contribution in [3.8, 4) is 22.6 Å². The highest BCUT2D eigenvalue weighted by Crippen LogP contribution is 2.37. The Labute approximate surface area is 310 Å². The predicted molar refractivity (Wildman–Crippen MR) is 206 cm³/mol. The molecule has 1 aromatic heterocycles. The van der Waals surface area contributed by atoms with Gasteiger partial charge in [-0.2, -0.15) is 0 Å². The van der Waals surface area contributed by atoms with Gasteiger partial charge in [0.2, 0.25) is 5.91 Å². The lowest BCUT2D eigenvalue weighted by molar-refractivity contribution is -0.115. The number of rotatable bonds is 14. The van der Waals surface area contributed by atoms with Crippen molar-refractivity contribution in [3.05, 3.63) is 131 Å². The van der Waals surface area contributed by atoms with Crippen LogP contribution in [0.4, 0.5) is 10.7 Å². The molecule has 0 saturated heterocycles. The Morgan fingerprint density at radius 2 is 1.58 bits per heavy atom.